The van der Waals surface area contributed by atoms with Gasteiger partial charge in [0, 0.05) is 19.0 Å². The Hall–Kier alpha value is -4.00. The molecule has 0 unspecified atom stereocenters. The van der Waals surface area contributed by atoms with Crippen molar-refractivity contribution in [2.75, 3.05) is 11.9 Å². The molecule has 0 aliphatic heterocycles. The third kappa shape index (κ3) is 3.84. The molecule has 3 aromatic carbocycles. The molecule has 0 saturated heterocycles. The van der Waals surface area contributed by atoms with Crippen LogP contribution < -0.4 is 9.64 Å². The number of rotatable bonds is 6. The van der Waals surface area contributed by atoms with Crippen molar-refractivity contribution in [2.45, 2.75) is 6.54 Å². The fourth-order valence-corrected chi connectivity index (χ4v) is 3.19. The topological polar surface area (TPSA) is 81.4 Å². The highest BCUT2D eigenvalue weighted by Crippen LogP contribution is 2.38. The molecule has 7 nitrogen and oxygen atoms in total. The summed E-state index contributed by atoms with van der Waals surface area (Å²) in [5, 5.41) is 13.7. The fourth-order valence-electron chi connectivity index (χ4n) is 3.19. The lowest BCUT2D eigenvalue weighted by atomic mass is 10.1. The number of fused-ring (bicyclic) bond motifs is 1. The number of ether oxygens (including phenoxy) is 1. The van der Waals surface area contributed by atoms with Gasteiger partial charge in [-0.2, -0.15) is 4.98 Å². The van der Waals surface area contributed by atoms with E-state index in [-0.39, 0.29) is 17.4 Å². The quantitative estimate of drug-likeness (QED) is 0.344. The van der Waals surface area contributed by atoms with Gasteiger partial charge < -0.3 is 9.64 Å². The van der Waals surface area contributed by atoms with Gasteiger partial charge in [0.1, 0.15) is 12.1 Å². The fraction of sp³-hybridized carbons (Fsp3) is 0.0909. The Labute approximate surface area is 167 Å². The van der Waals surface area contributed by atoms with E-state index in [4.69, 9.17) is 4.74 Å². The molecule has 0 aliphatic carbocycles. The summed E-state index contributed by atoms with van der Waals surface area (Å²) in [7, 11) is 1.75. The molecule has 1 aromatic heterocycles. The largest absolute Gasteiger partial charge is 0.433 e. The van der Waals surface area contributed by atoms with E-state index in [1.54, 1.807) is 18.0 Å². The molecule has 0 bridgehead atoms. The van der Waals surface area contributed by atoms with E-state index in [0.717, 1.165) is 16.3 Å². The summed E-state index contributed by atoms with van der Waals surface area (Å²) < 4.78 is 5.91. The summed E-state index contributed by atoms with van der Waals surface area (Å²) in [6, 6.07) is 22.9. The van der Waals surface area contributed by atoms with Crippen LogP contribution in [-0.2, 0) is 6.54 Å². The molecule has 0 aliphatic rings. The highest BCUT2D eigenvalue weighted by molar-refractivity contribution is 5.88. The summed E-state index contributed by atoms with van der Waals surface area (Å²) in [6.45, 7) is 0.465. The van der Waals surface area contributed by atoms with E-state index in [2.05, 4.69) is 9.97 Å². The maximum absolute atomic E-state index is 11.9. The molecule has 0 N–H and O–H groups in total. The molecule has 144 valence electrons. The van der Waals surface area contributed by atoms with Gasteiger partial charge in [-0.1, -0.05) is 66.7 Å². The molecule has 0 atom stereocenters. The monoisotopic (exact) mass is 386 g/mol. The Morgan fingerprint density at radius 1 is 0.966 bits per heavy atom. The predicted octanol–water partition coefficient (Wildman–Crippen LogP) is 4.97. The minimum absolute atomic E-state index is 0.0868. The van der Waals surface area contributed by atoms with E-state index in [9.17, 15) is 10.1 Å². The van der Waals surface area contributed by atoms with Gasteiger partial charge in [0.25, 0.3) is 0 Å². The minimum Gasteiger partial charge on any atom is -0.433 e. The van der Waals surface area contributed by atoms with E-state index in [1.165, 1.54) is 6.33 Å². The van der Waals surface area contributed by atoms with Gasteiger partial charge in [0.2, 0.25) is 5.82 Å². The zero-order valence-corrected chi connectivity index (χ0v) is 15.7. The van der Waals surface area contributed by atoms with E-state index >= 15 is 0 Å². The lowest BCUT2D eigenvalue weighted by Crippen LogP contribution is -2.19. The summed E-state index contributed by atoms with van der Waals surface area (Å²) in [5.74, 6) is 0.613. The standard InChI is InChI=1S/C22H18N4O3/c1-25(14-16-8-3-2-4-9-16)21-20(26(27)28)22(24-15-23-21)29-19-13-7-11-17-10-5-6-12-18(17)19/h2-13,15H,14H2,1H3. The minimum atomic E-state index is -0.503. The van der Waals surface area contributed by atoms with Crippen molar-refractivity contribution in [1.29, 1.82) is 0 Å². The number of aromatic nitrogens is 2. The second-order valence-electron chi connectivity index (χ2n) is 6.53. The molecular weight excluding hydrogens is 368 g/mol. The molecule has 4 rings (SSSR count). The van der Waals surface area contributed by atoms with Gasteiger partial charge in [0.15, 0.2) is 0 Å². The van der Waals surface area contributed by atoms with Crippen LogP contribution in [0.2, 0.25) is 0 Å². The molecule has 0 radical (unpaired) electrons. The number of nitrogens with zero attached hydrogens (tertiary/aromatic N) is 4. The third-order valence-electron chi connectivity index (χ3n) is 4.53. The van der Waals surface area contributed by atoms with Crippen LogP contribution in [0.15, 0.2) is 79.1 Å². The van der Waals surface area contributed by atoms with Crippen molar-refractivity contribution in [2.24, 2.45) is 0 Å². The maximum Gasteiger partial charge on any atom is 0.373 e. The van der Waals surface area contributed by atoms with Crippen LogP contribution in [-0.4, -0.2) is 21.9 Å². The predicted molar refractivity (Wildman–Crippen MR) is 111 cm³/mol. The van der Waals surface area contributed by atoms with E-state index < -0.39 is 4.92 Å². The van der Waals surface area contributed by atoms with Crippen molar-refractivity contribution in [3.63, 3.8) is 0 Å². The number of benzene rings is 3. The number of hydrogen-bond acceptors (Lipinski definition) is 6. The van der Waals surface area contributed by atoms with Crippen LogP contribution in [0.5, 0.6) is 11.6 Å². The lowest BCUT2D eigenvalue weighted by Gasteiger charge is -2.18. The molecule has 0 fully saturated rings. The van der Waals surface area contributed by atoms with Crippen LogP contribution >= 0.6 is 0 Å². The first-order chi connectivity index (χ1) is 14.1. The van der Waals surface area contributed by atoms with E-state index in [1.807, 2.05) is 66.7 Å². The van der Waals surface area contributed by atoms with Gasteiger partial charge in [-0.25, -0.2) is 4.98 Å². The second-order valence-corrected chi connectivity index (χ2v) is 6.53. The normalized spacial score (nSPS) is 10.7. The smallest absolute Gasteiger partial charge is 0.373 e. The summed E-state index contributed by atoms with van der Waals surface area (Å²) in [5.41, 5.74) is 0.748. The highest BCUT2D eigenvalue weighted by Gasteiger charge is 2.27. The van der Waals surface area contributed by atoms with Crippen molar-refractivity contribution in [3.8, 4) is 11.6 Å². The first-order valence-electron chi connectivity index (χ1n) is 9.03. The van der Waals surface area contributed by atoms with Gasteiger partial charge in [-0.15, -0.1) is 0 Å². The Morgan fingerprint density at radius 2 is 1.69 bits per heavy atom. The molecule has 1 heterocycles. The molecular formula is C22H18N4O3. The zero-order valence-electron chi connectivity index (χ0n) is 15.7. The highest BCUT2D eigenvalue weighted by atomic mass is 16.6. The third-order valence-corrected chi connectivity index (χ3v) is 4.53. The molecule has 0 saturated carbocycles. The first-order valence-corrected chi connectivity index (χ1v) is 9.03. The Kier molecular flexibility index (Phi) is 5.03. The van der Waals surface area contributed by atoms with Crippen molar-refractivity contribution in [3.05, 3.63) is 94.8 Å². The van der Waals surface area contributed by atoms with Crippen LogP contribution in [0, 0.1) is 10.1 Å². The summed E-state index contributed by atoms with van der Waals surface area (Å²) in [4.78, 5) is 21.3. The van der Waals surface area contributed by atoms with Crippen LogP contribution in [0.4, 0.5) is 11.5 Å². The van der Waals surface area contributed by atoms with Crippen LogP contribution in [0.25, 0.3) is 10.8 Å². The lowest BCUT2D eigenvalue weighted by molar-refractivity contribution is -0.385. The van der Waals surface area contributed by atoms with Crippen molar-refractivity contribution >= 4 is 22.3 Å². The van der Waals surface area contributed by atoms with Crippen molar-refractivity contribution in [1.82, 2.24) is 9.97 Å². The number of hydrogen-bond donors (Lipinski definition) is 0. The average molecular weight is 386 g/mol. The Morgan fingerprint density at radius 3 is 2.48 bits per heavy atom. The zero-order chi connectivity index (χ0) is 20.2. The second kappa shape index (κ2) is 7.93. The van der Waals surface area contributed by atoms with Crippen LogP contribution in [0.3, 0.4) is 0 Å². The molecule has 29 heavy (non-hydrogen) atoms. The summed E-state index contributed by atoms with van der Waals surface area (Å²) >= 11 is 0. The number of anilines is 1. The van der Waals surface area contributed by atoms with E-state index in [0.29, 0.717) is 12.3 Å². The van der Waals surface area contributed by atoms with Crippen molar-refractivity contribution < 1.29 is 9.66 Å². The van der Waals surface area contributed by atoms with Gasteiger partial charge in [0.05, 0.1) is 4.92 Å². The average Bonchev–Trinajstić information content (AvgIpc) is 2.74. The van der Waals surface area contributed by atoms with Gasteiger partial charge in [-0.3, -0.25) is 10.1 Å². The molecule has 0 amide bonds. The summed E-state index contributed by atoms with van der Waals surface area (Å²) in [6.07, 6.45) is 1.28. The molecule has 4 aromatic rings. The Bertz CT molecular complexity index is 1160. The van der Waals surface area contributed by atoms with Gasteiger partial charge >= 0.3 is 11.6 Å². The van der Waals surface area contributed by atoms with Crippen LogP contribution in [0.1, 0.15) is 5.56 Å². The first kappa shape index (κ1) is 18.4. The molecule has 7 heteroatoms. The molecule has 0 spiro atoms. The maximum atomic E-state index is 11.9. The van der Waals surface area contributed by atoms with Gasteiger partial charge in [-0.05, 0) is 17.0 Å². The number of nitro groups is 1. The Balaban J connectivity index is 1.72. The SMILES string of the molecule is CN(Cc1ccccc1)c1ncnc(Oc2cccc3ccccc23)c1[N+](=O)[O-].